The Labute approximate surface area is 229 Å². The van der Waals surface area contributed by atoms with Gasteiger partial charge in [-0.1, -0.05) is 47.2 Å². The number of carbonyl (C=O) groups excluding carboxylic acids is 1. The summed E-state index contributed by atoms with van der Waals surface area (Å²) in [5.74, 6) is 0.768. The van der Waals surface area contributed by atoms with Crippen molar-refractivity contribution in [2.45, 2.75) is 19.9 Å². The molecule has 0 radical (unpaired) electrons. The first kappa shape index (κ1) is 24.7. The van der Waals surface area contributed by atoms with Gasteiger partial charge in [0, 0.05) is 20.2 Å². The number of carbonyl (C=O) groups is 1. The zero-order valence-corrected chi connectivity index (χ0v) is 23.1. The van der Waals surface area contributed by atoms with Crippen LogP contribution in [-0.2, 0) is 9.53 Å². The zero-order chi connectivity index (χ0) is 25.4. The van der Waals surface area contributed by atoms with Gasteiger partial charge < -0.3 is 9.15 Å². The molecule has 6 nitrogen and oxygen atoms in total. The van der Waals surface area contributed by atoms with E-state index in [4.69, 9.17) is 20.8 Å². The molecule has 2 aromatic carbocycles. The number of aromatic nitrogens is 1. The van der Waals surface area contributed by atoms with Crippen molar-refractivity contribution in [2.24, 2.45) is 4.99 Å². The molecule has 0 amide bonds. The minimum atomic E-state index is -0.682. The molecule has 182 valence electrons. The van der Waals surface area contributed by atoms with Crippen LogP contribution in [0.2, 0.25) is 5.02 Å². The van der Waals surface area contributed by atoms with E-state index in [-0.39, 0.29) is 12.2 Å². The summed E-state index contributed by atoms with van der Waals surface area (Å²) in [6.07, 6.45) is 1.71. The Bertz CT molecular complexity index is 1660. The van der Waals surface area contributed by atoms with E-state index in [1.807, 2.05) is 48.5 Å². The van der Waals surface area contributed by atoms with Crippen molar-refractivity contribution >= 4 is 57.6 Å². The van der Waals surface area contributed by atoms with E-state index in [9.17, 15) is 9.59 Å². The number of hydrogen-bond acceptors (Lipinski definition) is 6. The van der Waals surface area contributed by atoms with Gasteiger partial charge in [0.15, 0.2) is 4.80 Å². The van der Waals surface area contributed by atoms with Crippen LogP contribution in [0.3, 0.4) is 0 Å². The van der Waals surface area contributed by atoms with E-state index in [2.05, 4.69) is 27.6 Å². The number of fused-ring (bicyclic) bond motifs is 1. The number of allylic oxidation sites excluding steroid dienone is 1. The van der Waals surface area contributed by atoms with Gasteiger partial charge in [0.1, 0.15) is 11.5 Å². The molecule has 0 saturated heterocycles. The van der Waals surface area contributed by atoms with Crippen LogP contribution in [0.1, 0.15) is 31.2 Å². The lowest BCUT2D eigenvalue weighted by Crippen LogP contribution is -2.39. The van der Waals surface area contributed by atoms with Crippen molar-refractivity contribution in [1.29, 1.82) is 0 Å². The van der Waals surface area contributed by atoms with Gasteiger partial charge in [-0.15, -0.1) is 0 Å². The molecule has 4 aromatic rings. The molecule has 1 aliphatic rings. The number of halogens is 2. The molecule has 0 fully saturated rings. The van der Waals surface area contributed by atoms with Gasteiger partial charge in [-0.3, -0.25) is 9.36 Å². The van der Waals surface area contributed by atoms with Crippen molar-refractivity contribution < 1.29 is 13.9 Å². The first-order chi connectivity index (χ1) is 17.4. The summed E-state index contributed by atoms with van der Waals surface area (Å²) in [7, 11) is 0. The number of benzene rings is 2. The molecule has 36 heavy (non-hydrogen) atoms. The standard InChI is InChI=1S/C27H20ClIN2O4S/c1-3-34-26(33)23-15(2)30-27-31(24(23)17-4-8-18(28)9-5-17)25(32)22(36-27)14-20-12-13-21(35-20)16-6-10-19(29)11-7-16/h4-14,24H,3H2,1-2H3/b22-14-/t24-/m0/s1. The first-order valence-electron chi connectivity index (χ1n) is 11.2. The average molecular weight is 631 g/mol. The van der Waals surface area contributed by atoms with Crippen molar-refractivity contribution in [2.75, 3.05) is 6.61 Å². The molecular formula is C27H20ClIN2O4S. The third-order valence-electron chi connectivity index (χ3n) is 5.73. The predicted molar refractivity (Wildman–Crippen MR) is 149 cm³/mol. The van der Waals surface area contributed by atoms with Crippen LogP contribution in [-0.4, -0.2) is 17.1 Å². The monoisotopic (exact) mass is 630 g/mol. The van der Waals surface area contributed by atoms with Gasteiger partial charge >= 0.3 is 5.97 Å². The molecule has 0 unspecified atom stereocenters. The summed E-state index contributed by atoms with van der Waals surface area (Å²) >= 11 is 9.61. The summed E-state index contributed by atoms with van der Waals surface area (Å²) in [4.78, 5) is 31.7. The Morgan fingerprint density at radius 3 is 2.58 bits per heavy atom. The number of esters is 1. The van der Waals surface area contributed by atoms with Crippen LogP contribution in [0.15, 0.2) is 86.1 Å². The van der Waals surface area contributed by atoms with Gasteiger partial charge in [-0.05, 0) is 78.4 Å². The maximum atomic E-state index is 13.7. The second-order valence-electron chi connectivity index (χ2n) is 8.06. The lowest BCUT2D eigenvalue weighted by Gasteiger charge is -2.24. The topological polar surface area (TPSA) is 73.8 Å². The number of hydrogen-bond donors (Lipinski definition) is 0. The lowest BCUT2D eigenvalue weighted by molar-refractivity contribution is -0.139. The van der Waals surface area contributed by atoms with Gasteiger partial charge in [-0.2, -0.15) is 0 Å². The minimum Gasteiger partial charge on any atom is -0.463 e. The van der Waals surface area contributed by atoms with Crippen LogP contribution in [0.4, 0.5) is 0 Å². The summed E-state index contributed by atoms with van der Waals surface area (Å²) in [6, 6.07) is 18.1. The number of furan rings is 1. The van der Waals surface area contributed by atoms with E-state index in [0.717, 1.165) is 14.7 Å². The van der Waals surface area contributed by atoms with Crippen molar-refractivity contribution in [3.8, 4) is 11.3 Å². The normalized spacial score (nSPS) is 15.6. The Balaban J connectivity index is 1.63. The SMILES string of the molecule is CCOC(=O)C1=C(C)N=c2s/c(=C\c3ccc(-c4ccc(I)cc4)o3)c(=O)n2[C@H]1c1ccc(Cl)cc1. The van der Waals surface area contributed by atoms with Crippen LogP contribution < -0.4 is 14.9 Å². The third kappa shape index (κ3) is 4.72. The van der Waals surface area contributed by atoms with Crippen molar-refractivity contribution in [3.63, 3.8) is 0 Å². The fourth-order valence-corrected chi connectivity index (χ4v) is 5.59. The summed E-state index contributed by atoms with van der Waals surface area (Å²) in [5, 5.41) is 0.561. The van der Waals surface area contributed by atoms with Crippen LogP contribution in [0.25, 0.3) is 17.4 Å². The Hall–Kier alpha value is -2.95. The van der Waals surface area contributed by atoms with Crippen molar-refractivity contribution in [1.82, 2.24) is 4.57 Å². The number of ether oxygens (including phenoxy) is 1. The average Bonchev–Trinajstić information content (AvgIpc) is 3.44. The summed E-state index contributed by atoms with van der Waals surface area (Å²) in [5.41, 5.74) is 2.27. The first-order valence-corrected chi connectivity index (χ1v) is 13.4. The Morgan fingerprint density at radius 1 is 1.17 bits per heavy atom. The Morgan fingerprint density at radius 2 is 1.89 bits per heavy atom. The molecule has 0 aliphatic carbocycles. The van der Waals surface area contributed by atoms with Crippen LogP contribution in [0.5, 0.6) is 0 Å². The molecule has 2 aromatic heterocycles. The van der Waals surface area contributed by atoms with E-state index < -0.39 is 12.0 Å². The smallest absolute Gasteiger partial charge is 0.338 e. The number of thiazole rings is 1. The van der Waals surface area contributed by atoms with Crippen LogP contribution >= 0.6 is 45.5 Å². The number of nitrogens with zero attached hydrogens (tertiary/aromatic N) is 2. The fraction of sp³-hybridized carbons (Fsp3) is 0.148. The highest BCUT2D eigenvalue weighted by atomic mass is 127. The molecular weight excluding hydrogens is 611 g/mol. The second-order valence-corrected chi connectivity index (χ2v) is 10.8. The third-order valence-corrected chi connectivity index (χ3v) is 7.69. The predicted octanol–water partition coefficient (Wildman–Crippen LogP) is 5.32. The van der Waals surface area contributed by atoms with E-state index >= 15 is 0 Å². The van der Waals surface area contributed by atoms with Gasteiger partial charge in [0.05, 0.1) is 28.5 Å². The minimum absolute atomic E-state index is 0.217. The maximum absolute atomic E-state index is 13.7. The number of rotatable bonds is 5. The molecule has 9 heteroatoms. The largest absolute Gasteiger partial charge is 0.463 e. The molecule has 0 N–H and O–H groups in total. The van der Waals surface area contributed by atoms with Gasteiger partial charge in [0.2, 0.25) is 0 Å². The molecule has 5 rings (SSSR count). The highest BCUT2D eigenvalue weighted by Gasteiger charge is 2.33. The van der Waals surface area contributed by atoms with E-state index in [0.29, 0.717) is 37.1 Å². The molecule has 1 atom stereocenters. The fourth-order valence-electron chi connectivity index (χ4n) is 4.08. The van der Waals surface area contributed by atoms with Crippen molar-refractivity contribution in [3.05, 3.63) is 112 Å². The highest BCUT2D eigenvalue weighted by Crippen LogP contribution is 2.31. The molecule has 0 bridgehead atoms. The summed E-state index contributed by atoms with van der Waals surface area (Å²) in [6.45, 7) is 3.72. The maximum Gasteiger partial charge on any atom is 0.338 e. The quantitative estimate of drug-likeness (QED) is 0.221. The summed E-state index contributed by atoms with van der Waals surface area (Å²) < 4.78 is 14.5. The molecule has 0 saturated carbocycles. The lowest BCUT2D eigenvalue weighted by atomic mass is 9.96. The molecule has 3 heterocycles. The van der Waals surface area contributed by atoms with E-state index in [1.165, 1.54) is 11.3 Å². The van der Waals surface area contributed by atoms with E-state index in [1.54, 1.807) is 36.6 Å². The Kier molecular flexibility index (Phi) is 7.00. The highest BCUT2D eigenvalue weighted by molar-refractivity contribution is 14.1. The second kappa shape index (κ2) is 10.2. The van der Waals surface area contributed by atoms with Gasteiger partial charge in [-0.25, -0.2) is 9.79 Å². The molecule has 0 spiro atoms. The van der Waals surface area contributed by atoms with Gasteiger partial charge in [0.25, 0.3) is 5.56 Å². The zero-order valence-electron chi connectivity index (χ0n) is 19.3. The molecule has 1 aliphatic heterocycles. The van der Waals surface area contributed by atoms with Crippen LogP contribution in [0, 0.1) is 3.57 Å².